The van der Waals surface area contributed by atoms with Crippen molar-refractivity contribution in [3.05, 3.63) is 88.2 Å². The van der Waals surface area contributed by atoms with Crippen LogP contribution in [-0.4, -0.2) is 56.7 Å². The largest absolute Gasteiger partial charge is 0.353 e. The van der Waals surface area contributed by atoms with Gasteiger partial charge in [-0.3, -0.25) is 9.59 Å². The van der Waals surface area contributed by atoms with E-state index in [2.05, 4.69) is 20.0 Å². The number of carbonyl (C=O) groups excluding carboxylic acids is 1. The van der Waals surface area contributed by atoms with Crippen LogP contribution in [0.1, 0.15) is 22.0 Å². The van der Waals surface area contributed by atoms with Crippen molar-refractivity contribution in [2.45, 2.75) is 13.8 Å². The Hall–Kier alpha value is -4.07. The van der Waals surface area contributed by atoms with Crippen molar-refractivity contribution in [1.29, 1.82) is 0 Å². The third-order valence-corrected chi connectivity index (χ3v) is 5.85. The molecule has 3 heterocycles. The summed E-state index contributed by atoms with van der Waals surface area (Å²) in [6, 6.07) is 18.3. The summed E-state index contributed by atoms with van der Waals surface area (Å²) in [5.74, 6) is 1.45. The molecule has 4 aromatic rings. The van der Waals surface area contributed by atoms with Gasteiger partial charge in [-0.2, -0.15) is 9.78 Å². The first-order valence-corrected chi connectivity index (χ1v) is 11.0. The summed E-state index contributed by atoms with van der Waals surface area (Å²) >= 11 is 0. The second kappa shape index (κ2) is 8.46. The first-order valence-electron chi connectivity index (χ1n) is 11.0. The third kappa shape index (κ3) is 3.95. The van der Waals surface area contributed by atoms with E-state index in [4.69, 9.17) is 0 Å². The van der Waals surface area contributed by atoms with E-state index >= 15 is 0 Å². The zero-order valence-electron chi connectivity index (χ0n) is 18.6. The molecule has 8 nitrogen and oxygen atoms in total. The SMILES string of the molecule is Cc1cc(N2CCN(C(=O)c3nn(-c4ccccc4)c(=O)c4ccccc34)CC2)nc(C)n1. The molecule has 166 valence electrons. The second-order valence-electron chi connectivity index (χ2n) is 8.14. The smallest absolute Gasteiger partial charge is 0.279 e. The Bertz CT molecular complexity index is 1370. The maximum Gasteiger partial charge on any atom is 0.279 e. The van der Waals surface area contributed by atoms with E-state index in [0.717, 1.165) is 17.3 Å². The third-order valence-electron chi connectivity index (χ3n) is 5.85. The molecule has 2 aromatic heterocycles. The molecule has 0 saturated carbocycles. The molecule has 0 atom stereocenters. The minimum Gasteiger partial charge on any atom is -0.353 e. The van der Waals surface area contributed by atoms with Gasteiger partial charge in [-0.05, 0) is 32.0 Å². The average Bonchev–Trinajstić information content (AvgIpc) is 2.84. The number of hydrogen-bond acceptors (Lipinski definition) is 6. The Labute approximate surface area is 191 Å². The highest BCUT2D eigenvalue weighted by atomic mass is 16.2. The molecule has 0 radical (unpaired) electrons. The number of piperazine rings is 1. The lowest BCUT2D eigenvalue weighted by Crippen LogP contribution is -2.49. The van der Waals surface area contributed by atoms with E-state index < -0.39 is 0 Å². The summed E-state index contributed by atoms with van der Waals surface area (Å²) < 4.78 is 1.32. The number of carbonyl (C=O) groups is 1. The van der Waals surface area contributed by atoms with Gasteiger partial charge in [0.1, 0.15) is 11.6 Å². The van der Waals surface area contributed by atoms with Crippen molar-refractivity contribution in [3.8, 4) is 5.69 Å². The molecule has 33 heavy (non-hydrogen) atoms. The first-order chi connectivity index (χ1) is 16.0. The lowest BCUT2D eigenvalue weighted by Gasteiger charge is -2.35. The Morgan fingerprint density at radius 1 is 0.848 bits per heavy atom. The molecule has 8 heteroatoms. The standard InChI is InChI=1S/C25H24N6O2/c1-17-16-22(27-18(2)26-17)29-12-14-30(15-13-29)25(33)23-20-10-6-7-11-21(20)24(32)31(28-23)19-8-4-3-5-9-19/h3-11,16H,12-15H2,1-2H3. The number of nitrogens with zero attached hydrogens (tertiary/aromatic N) is 6. The van der Waals surface area contributed by atoms with Crippen LogP contribution in [0.2, 0.25) is 0 Å². The van der Waals surface area contributed by atoms with Crippen molar-refractivity contribution in [2.24, 2.45) is 0 Å². The molecule has 1 aliphatic rings. The van der Waals surface area contributed by atoms with Crippen LogP contribution in [0.3, 0.4) is 0 Å². The number of rotatable bonds is 3. The lowest BCUT2D eigenvalue weighted by atomic mass is 10.1. The van der Waals surface area contributed by atoms with Crippen LogP contribution in [0.15, 0.2) is 65.5 Å². The van der Waals surface area contributed by atoms with E-state index in [9.17, 15) is 9.59 Å². The summed E-state index contributed by atoms with van der Waals surface area (Å²) in [6.45, 7) is 6.25. The quantitative estimate of drug-likeness (QED) is 0.487. The summed E-state index contributed by atoms with van der Waals surface area (Å²) in [5, 5.41) is 5.58. The molecule has 0 unspecified atom stereocenters. The summed E-state index contributed by atoms with van der Waals surface area (Å²) in [6.07, 6.45) is 0. The minimum atomic E-state index is -0.243. The monoisotopic (exact) mass is 440 g/mol. The van der Waals surface area contributed by atoms with E-state index in [-0.39, 0.29) is 17.2 Å². The highest BCUT2D eigenvalue weighted by molar-refractivity contribution is 6.05. The van der Waals surface area contributed by atoms with Crippen molar-refractivity contribution < 1.29 is 4.79 Å². The summed E-state index contributed by atoms with van der Waals surface area (Å²) in [7, 11) is 0. The number of aryl methyl sites for hydroxylation is 2. The Morgan fingerprint density at radius 3 is 2.21 bits per heavy atom. The fraction of sp³-hybridized carbons (Fsp3) is 0.240. The highest BCUT2D eigenvalue weighted by Crippen LogP contribution is 2.20. The van der Waals surface area contributed by atoms with Crippen LogP contribution in [0.4, 0.5) is 5.82 Å². The molecule has 1 aliphatic heterocycles. The number of aromatic nitrogens is 4. The van der Waals surface area contributed by atoms with Crippen LogP contribution in [-0.2, 0) is 0 Å². The number of benzene rings is 2. The van der Waals surface area contributed by atoms with Crippen molar-refractivity contribution in [1.82, 2.24) is 24.6 Å². The molecule has 2 aromatic carbocycles. The van der Waals surface area contributed by atoms with Crippen molar-refractivity contribution >= 4 is 22.5 Å². The Kier molecular flexibility index (Phi) is 5.34. The molecule has 5 rings (SSSR count). The van der Waals surface area contributed by atoms with Gasteiger partial charge >= 0.3 is 0 Å². The highest BCUT2D eigenvalue weighted by Gasteiger charge is 2.26. The number of fused-ring (bicyclic) bond motifs is 1. The maximum absolute atomic E-state index is 13.6. The zero-order valence-corrected chi connectivity index (χ0v) is 18.6. The van der Waals surface area contributed by atoms with Gasteiger partial charge in [0, 0.05) is 43.3 Å². The second-order valence-corrected chi connectivity index (χ2v) is 8.14. The number of hydrogen-bond donors (Lipinski definition) is 0. The maximum atomic E-state index is 13.6. The lowest BCUT2D eigenvalue weighted by molar-refractivity contribution is 0.0741. The van der Waals surface area contributed by atoms with Gasteiger partial charge in [-0.25, -0.2) is 9.97 Å². The summed E-state index contributed by atoms with van der Waals surface area (Å²) in [4.78, 5) is 39.5. The van der Waals surface area contributed by atoms with Gasteiger partial charge in [-0.15, -0.1) is 0 Å². The van der Waals surface area contributed by atoms with Crippen molar-refractivity contribution in [3.63, 3.8) is 0 Å². The topological polar surface area (TPSA) is 84.2 Å². The molecule has 1 amide bonds. The molecule has 1 fully saturated rings. The van der Waals surface area contributed by atoms with E-state index in [1.165, 1.54) is 4.68 Å². The van der Waals surface area contributed by atoms with E-state index in [1.807, 2.05) is 56.3 Å². The van der Waals surface area contributed by atoms with Crippen LogP contribution in [0.25, 0.3) is 16.5 Å². The number of para-hydroxylation sites is 1. The van der Waals surface area contributed by atoms with E-state index in [1.54, 1.807) is 23.1 Å². The van der Waals surface area contributed by atoms with Gasteiger partial charge in [0.15, 0.2) is 5.69 Å². The van der Waals surface area contributed by atoms with Gasteiger partial charge in [-0.1, -0.05) is 36.4 Å². The van der Waals surface area contributed by atoms with Crippen LogP contribution in [0.5, 0.6) is 0 Å². The van der Waals surface area contributed by atoms with Gasteiger partial charge in [0.25, 0.3) is 11.5 Å². The minimum absolute atomic E-state index is 0.175. The molecular weight excluding hydrogens is 416 g/mol. The molecule has 1 saturated heterocycles. The Morgan fingerprint density at radius 2 is 1.52 bits per heavy atom. The number of anilines is 1. The molecular formula is C25H24N6O2. The fourth-order valence-electron chi connectivity index (χ4n) is 4.24. The van der Waals surface area contributed by atoms with E-state index in [0.29, 0.717) is 42.6 Å². The molecule has 0 aliphatic carbocycles. The predicted octanol–water partition coefficient (Wildman–Crippen LogP) is 2.75. The van der Waals surface area contributed by atoms with Crippen molar-refractivity contribution in [2.75, 3.05) is 31.1 Å². The fourth-order valence-corrected chi connectivity index (χ4v) is 4.24. The van der Waals surface area contributed by atoms with Gasteiger partial charge in [0.2, 0.25) is 0 Å². The summed E-state index contributed by atoms with van der Waals surface area (Å²) in [5.41, 5.74) is 1.60. The predicted molar refractivity (Wildman–Crippen MR) is 127 cm³/mol. The van der Waals surface area contributed by atoms with Crippen LogP contribution < -0.4 is 10.5 Å². The first kappa shape index (κ1) is 20.8. The molecule has 0 bridgehead atoms. The molecule has 0 N–H and O–H groups in total. The average molecular weight is 441 g/mol. The van der Waals surface area contributed by atoms with Gasteiger partial charge < -0.3 is 9.80 Å². The normalized spacial score (nSPS) is 14.0. The molecule has 0 spiro atoms. The van der Waals surface area contributed by atoms with Crippen LogP contribution in [0, 0.1) is 13.8 Å². The zero-order chi connectivity index (χ0) is 22.9. The number of amides is 1. The van der Waals surface area contributed by atoms with Crippen LogP contribution >= 0.6 is 0 Å². The Balaban J connectivity index is 1.47. The van der Waals surface area contributed by atoms with Gasteiger partial charge in [0.05, 0.1) is 11.1 Å².